The maximum absolute atomic E-state index is 13.1. The van der Waals surface area contributed by atoms with E-state index in [2.05, 4.69) is 22.0 Å². The molecular weight excluding hydrogens is 492 g/mol. The van der Waals surface area contributed by atoms with E-state index in [0.29, 0.717) is 36.5 Å². The highest BCUT2D eigenvalue weighted by atomic mass is 19.3. The number of phenols is 1. The number of nitrogens with zero attached hydrogens (tertiary/aromatic N) is 2. The first-order valence-electron chi connectivity index (χ1n) is 12.9. The molecule has 1 saturated carbocycles. The fourth-order valence-electron chi connectivity index (χ4n) is 4.21. The minimum absolute atomic E-state index is 0.0810. The lowest BCUT2D eigenvalue weighted by Crippen LogP contribution is -2.47. The number of carbonyl (C=O) groups excluding carboxylic acids is 1. The van der Waals surface area contributed by atoms with Gasteiger partial charge in [-0.25, -0.2) is 0 Å². The number of phenolic OH excluding ortho intramolecular Hbond substituents is 1. The monoisotopic (exact) mass is 533 g/mol. The molecule has 1 aliphatic heterocycles. The molecule has 0 atom stereocenters. The maximum Gasteiger partial charge on any atom is 0.345 e. The van der Waals surface area contributed by atoms with Crippen LogP contribution in [0.5, 0.6) is 5.75 Å². The Morgan fingerprint density at radius 2 is 1.92 bits per heavy atom. The topological polar surface area (TPSA) is 126 Å². The number of rotatable bonds is 8. The van der Waals surface area contributed by atoms with E-state index in [9.17, 15) is 18.7 Å². The number of ether oxygens (including phenoxy) is 1. The Kier molecular flexibility index (Phi) is 12.1. The van der Waals surface area contributed by atoms with Crippen LogP contribution in [-0.2, 0) is 24.2 Å². The standard InChI is InChI=1S/C23H28N4O2.C3H6F2O.C2H7N/c1-23(7-4-8-23)26-13-16-10-18-19(20(28)11-16)14-27(22(18)29)17-6-3-5-15(9-17)12-21(24)25-2;1-2-6-3(4)5;1-2-3/h3,5-6,9-11,26,28H,4,7-8,12-14H2,1-2H3,(H2,24,25);3H,2H2,1H3;2-3H2,1H3. The lowest BCUT2D eigenvalue weighted by atomic mass is 9.78. The number of aliphatic imine (C=N–C) groups is 1. The van der Waals surface area contributed by atoms with Crippen molar-refractivity contribution in [2.24, 2.45) is 16.5 Å². The number of alkyl halides is 2. The Balaban J connectivity index is 0.000000490. The molecule has 10 heteroatoms. The van der Waals surface area contributed by atoms with Crippen LogP contribution in [0.25, 0.3) is 0 Å². The van der Waals surface area contributed by atoms with Crippen molar-refractivity contribution in [3.63, 3.8) is 0 Å². The van der Waals surface area contributed by atoms with Gasteiger partial charge in [-0.05, 0) is 75.0 Å². The zero-order valence-electron chi connectivity index (χ0n) is 22.8. The zero-order valence-corrected chi connectivity index (χ0v) is 22.8. The Bertz CT molecular complexity index is 1090. The third-order valence-electron chi connectivity index (χ3n) is 6.44. The number of hydrogen-bond acceptors (Lipinski definition) is 6. The van der Waals surface area contributed by atoms with E-state index in [4.69, 9.17) is 11.5 Å². The summed E-state index contributed by atoms with van der Waals surface area (Å²) in [5, 5.41) is 14.1. The van der Waals surface area contributed by atoms with Gasteiger partial charge >= 0.3 is 6.61 Å². The fraction of sp³-hybridized carbons (Fsp3) is 0.500. The summed E-state index contributed by atoms with van der Waals surface area (Å²) in [6, 6.07) is 11.4. The summed E-state index contributed by atoms with van der Waals surface area (Å²) in [7, 11) is 1.67. The molecule has 2 aliphatic rings. The number of nitrogens with two attached hydrogens (primary N) is 2. The summed E-state index contributed by atoms with van der Waals surface area (Å²) in [5.41, 5.74) is 14.9. The van der Waals surface area contributed by atoms with Gasteiger partial charge in [0.2, 0.25) is 0 Å². The average Bonchev–Trinajstić information content (AvgIpc) is 3.19. The van der Waals surface area contributed by atoms with Crippen LogP contribution in [0.2, 0.25) is 0 Å². The van der Waals surface area contributed by atoms with Crippen LogP contribution in [0.15, 0.2) is 41.4 Å². The largest absolute Gasteiger partial charge is 0.508 e. The van der Waals surface area contributed by atoms with Gasteiger partial charge in [-0.1, -0.05) is 19.1 Å². The van der Waals surface area contributed by atoms with Crippen LogP contribution < -0.4 is 21.7 Å². The lowest BCUT2D eigenvalue weighted by Gasteiger charge is -2.39. The molecule has 1 heterocycles. The Morgan fingerprint density at radius 3 is 2.45 bits per heavy atom. The predicted octanol–water partition coefficient (Wildman–Crippen LogP) is 4.32. The number of aromatic hydroxyl groups is 1. The van der Waals surface area contributed by atoms with E-state index < -0.39 is 6.61 Å². The molecule has 0 radical (unpaired) electrons. The van der Waals surface area contributed by atoms with Gasteiger partial charge in [0.1, 0.15) is 5.75 Å². The summed E-state index contributed by atoms with van der Waals surface area (Å²) < 4.78 is 25.3. The number of fused-ring (bicyclic) bond motifs is 1. The predicted molar refractivity (Wildman–Crippen MR) is 148 cm³/mol. The molecule has 2 aromatic carbocycles. The van der Waals surface area contributed by atoms with Crippen molar-refractivity contribution in [2.45, 2.75) is 71.7 Å². The lowest BCUT2D eigenvalue weighted by molar-refractivity contribution is -0.124. The van der Waals surface area contributed by atoms with Gasteiger partial charge < -0.3 is 31.5 Å². The van der Waals surface area contributed by atoms with Crippen LogP contribution in [-0.4, -0.2) is 49.2 Å². The van der Waals surface area contributed by atoms with Crippen molar-refractivity contribution < 1.29 is 23.4 Å². The number of amidine groups is 1. The summed E-state index contributed by atoms with van der Waals surface area (Å²) in [5.74, 6) is 0.654. The van der Waals surface area contributed by atoms with Crippen LogP contribution in [0, 0.1) is 0 Å². The van der Waals surface area contributed by atoms with E-state index >= 15 is 0 Å². The van der Waals surface area contributed by atoms with Crippen LogP contribution >= 0.6 is 0 Å². The molecule has 0 bridgehead atoms. The first kappa shape index (κ1) is 31.1. The van der Waals surface area contributed by atoms with Gasteiger partial charge in [-0.15, -0.1) is 0 Å². The average molecular weight is 534 g/mol. The molecule has 8 nitrogen and oxygen atoms in total. The Morgan fingerprint density at radius 1 is 1.24 bits per heavy atom. The molecule has 0 saturated heterocycles. The molecular formula is C28H41F2N5O3. The molecule has 2 aromatic rings. The number of benzene rings is 2. The molecule has 210 valence electrons. The van der Waals surface area contributed by atoms with Gasteiger partial charge in [-0.3, -0.25) is 9.79 Å². The van der Waals surface area contributed by atoms with Crippen molar-refractivity contribution in [1.29, 1.82) is 0 Å². The second kappa shape index (κ2) is 14.8. The third-order valence-corrected chi connectivity index (χ3v) is 6.44. The van der Waals surface area contributed by atoms with E-state index in [1.807, 2.05) is 37.3 Å². The first-order chi connectivity index (χ1) is 18.1. The van der Waals surface area contributed by atoms with Gasteiger partial charge in [0.25, 0.3) is 5.91 Å². The van der Waals surface area contributed by atoms with E-state index in [1.165, 1.54) is 26.2 Å². The van der Waals surface area contributed by atoms with Crippen LogP contribution in [0.1, 0.15) is 67.1 Å². The highest BCUT2D eigenvalue weighted by Crippen LogP contribution is 2.36. The number of anilines is 1. The summed E-state index contributed by atoms with van der Waals surface area (Å²) >= 11 is 0. The third kappa shape index (κ3) is 8.75. The highest BCUT2D eigenvalue weighted by molar-refractivity contribution is 6.10. The van der Waals surface area contributed by atoms with Crippen molar-refractivity contribution in [3.8, 4) is 5.75 Å². The van der Waals surface area contributed by atoms with Gasteiger partial charge in [0, 0.05) is 49.0 Å². The van der Waals surface area contributed by atoms with Crippen molar-refractivity contribution in [2.75, 3.05) is 25.1 Å². The van der Waals surface area contributed by atoms with E-state index in [-0.39, 0.29) is 23.8 Å². The minimum Gasteiger partial charge on any atom is -0.508 e. The van der Waals surface area contributed by atoms with Crippen LogP contribution in [0.3, 0.4) is 0 Å². The summed E-state index contributed by atoms with van der Waals surface area (Å²) in [6.07, 6.45) is 4.13. The Labute approximate surface area is 224 Å². The molecule has 1 aliphatic carbocycles. The van der Waals surface area contributed by atoms with Gasteiger partial charge in [0.05, 0.1) is 12.4 Å². The number of carbonyl (C=O) groups is 1. The second-order valence-corrected chi connectivity index (χ2v) is 9.49. The van der Waals surface area contributed by atoms with Crippen molar-refractivity contribution in [1.82, 2.24) is 5.32 Å². The maximum atomic E-state index is 13.1. The number of amides is 1. The SMILES string of the molecule is CCN.CCOC(F)F.CN=C(N)Cc1cccc(N2Cc3c(O)cc(CNC4(C)CCC4)cc3C2=O)c1. The molecule has 0 unspecified atom stereocenters. The van der Waals surface area contributed by atoms with E-state index in [0.717, 1.165) is 23.4 Å². The van der Waals surface area contributed by atoms with Crippen molar-refractivity contribution in [3.05, 3.63) is 58.7 Å². The number of nitrogens with one attached hydrogen (secondary N) is 1. The number of halogens is 2. The normalized spacial score (nSPS) is 15.7. The summed E-state index contributed by atoms with van der Waals surface area (Å²) in [4.78, 5) is 18.8. The smallest absolute Gasteiger partial charge is 0.345 e. The highest BCUT2D eigenvalue weighted by Gasteiger charge is 2.33. The molecule has 0 aromatic heterocycles. The molecule has 1 amide bonds. The Hall–Kier alpha value is -3.08. The fourth-order valence-corrected chi connectivity index (χ4v) is 4.21. The van der Waals surface area contributed by atoms with E-state index in [1.54, 1.807) is 18.0 Å². The van der Waals surface area contributed by atoms with Crippen LogP contribution in [0.4, 0.5) is 14.5 Å². The number of hydrogen-bond donors (Lipinski definition) is 4. The molecule has 4 rings (SSSR count). The molecule has 38 heavy (non-hydrogen) atoms. The quantitative estimate of drug-likeness (QED) is 0.296. The second-order valence-electron chi connectivity index (χ2n) is 9.49. The minimum atomic E-state index is -2.60. The van der Waals surface area contributed by atoms with Gasteiger partial charge in [-0.2, -0.15) is 8.78 Å². The summed E-state index contributed by atoms with van der Waals surface area (Å²) in [6.45, 7) is 4.89. The molecule has 1 fully saturated rings. The zero-order chi connectivity index (χ0) is 28.3. The van der Waals surface area contributed by atoms with Crippen molar-refractivity contribution >= 4 is 17.4 Å². The molecule has 6 N–H and O–H groups in total. The first-order valence-corrected chi connectivity index (χ1v) is 12.9. The molecule has 0 spiro atoms. The van der Waals surface area contributed by atoms with Gasteiger partial charge in [0.15, 0.2) is 0 Å².